The van der Waals surface area contributed by atoms with Gasteiger partial charge in [0.15, 0.2) is 11.6 Å². The predicted octanol–water partition coefficient (Wildman–Crippen LogP) is 3.52. The summed E-state index contributed by atoms with van der Waals surface area (Å²) >= 11 is 5.06. The fourth-order valence-corrected chi connectivity index (χ4v) is 0.910. The summed E-state index contributed by atoms with van der Waals surface area (Å²) in [6.07, 6.45) is -5.11. The van der Waals surface area contributed by atoms with E-state index in [9.17, 15) is 22.0 Å². The molecule has 0 radical (unpaired) electrons. The smallest absolute Gasteiger partial charge is 0.401 e. The van der Waals surface area contributed by atoms with Crippen molar-refractivity contribution in [2.45, 2.75) is 6.36 Å². The molecule has 1 aromatic carbocycles. The van der Waals surface area contributed by atoms with E-state index in [0.29, 0.717) is 12.1 Å². The van der Waals surface area contributed by atoms with Gasteiger partial charge in [0, 0.05) is 0 Å². The second-order valence-electron chi connectivity index (χ2n) is 2.22. The van der Waals surface area contributed by atoms with Gasteiger partial charge in [-0.05, 0) is 12.1 Å². The first-order valence-corrected chi connectivity index (χ1v) is 3.58. The van der Waals surface area contributed by atoms with Gasteiger partial charge in [0.1, 0.15) is 10.8 Å². The molecule has 0 spiro atoms. The molecule has 0 aliphatic heterocycles. The summed E-state index contributed by atoms with van der Waals surface area (Å²) in [4.78, 5) is 0. The molecule has 0 bridgehead atoms. The summed E-state index contributed by atoms with van der Waals surface area (Å²) in [6.45, 7) is 0. The molecule has 0 N–H and O–H groups in total. The molecule has 1 aromatic rings. The third kappa shape index (κ3) is 2.47. The van der Waals surface area contributed by atoms with E-state index >= 15 is 0 Å². The molecule has 0 fully saturated rings. The van der Waals surface area contributed by atoms with Gasteiger partial charge in [0.05, 0.1) is 0 Å². The molecule has 0 unspecified atom stereocenters. The number of halogens is 6. The first kappa shape index (κ1) is 11.0. The lowest BCUT2D eigenvalue weighted by molar-refractivity contribution is -0.275. The molecule has 78 valence electrons. The molecule has 0 aromatic heterocycles. The van der Waals surface area contributed by atoms with Crippen LogP contribution in [0, 0.1) is 11.6 Å². The van der Waals surface area contributed by atoms with Crippen LogP contribution in [-0.2, 0) is 0 Å². The van der Waals surface area contributed by atoms with Gasteiger partial charge in [-0.1, -0.05) is 11.6 Å². The Hall–Kier alpha value is -1.04. The number of rotatable bonds is 1. The minimum Gasteiger partial charge on any atom is -0.401 e. The largest absolute Gasteiger partial charge is 0.573 e. The average Bonchev–Trinajstić information content (AvgIpc) is 2.04. The van der Waals surface area contributed by atoms with Crippen LogP contribution in [-0.4, -0.2) is 6.36 Å². The van der Waals surface area contributed by atoms with E-state index in [1.165, 1.54) is 0 Å². The highest BCUT2D eigenvalue weighted by atomic mass is 35.5. The third-order valence-corrected chi connectivity index (χ3v) is 1.57. The third-order valence-electron chi connectivity index (χ3n) is 1.22. The second kappa shape index (κ2) is 3.61. The number of ether oxygens (including phenoxy) is 1. The SMILES string of the molecule is Fc1ccc(F)c(OC(F)(F)F)c1Cl. The van der Waals surface area contributed by atoms with Crippen LogP contribution in [0.1, 0.15) is 0 Å². The minimum atomic E-state index is -5.11. The van der Waals surface area contributed by atoms with E-state index < -0.39 is 28.8 Å². The molecular weight excluding hydrogens is 231 g/mol. The van der Waals surface area contributed by atoms with Gasteiger partial charge in [0.2, 0.25) is 0 Å². The molecule has 0 aliphatic rings. The zero-order chi connectivity index (χ0) is 10.9. The van der Waals surface area contributed by atoms with Crippen molar-refractivity contribution in [3.63, 3.8) is 0 Å². The van der Waals surface area contributed by atoms with Crippen LogP contribution in [0.3, 0.4) is 0 Å². The van der Waals surface area contributed by atoms with Crippen molar-refractivity contribution in [1.82, 2.24) is 0 Å². The minimum absolute atomic E-state index is 0.488. The van der Waals surface area contributed by atoms with Crippen LogP contribution in [0.4, 0.5) is 22.0 Å². The van der Waals surface area contributed by atoms with Gasteiger partial charge < -0.3 is 4.74 Å². The second-order valence-corrected chi connectivity index (χ2v) is 2.60. The Bertz CT molecular complexity index is 349. The summed E-state index contributed by atoms with van der Waals surface area (Å²) in [7, 11) is 0. The maximum atomic E-state index is 12.7. The van der Waals surface area contributed by atoms with Crippen LogP contribution in [0.5, 0.6) is 5.75 Å². The quantitative estimate of drug-likeness (QED) is 0.532. The molecule has 7 heteroatoms. The van der Waals surface area contributed by atoms with E-state index in [4.69, 9.17) is 11.6 Å². The standard InChI is InChI=1S/C7H2ClF5O/c8-5-3(9)1-2-4(10)6(5)14-7(11,12)13/h1-2H. The molecule has 1 nitrogen and oxygen atoms in total. The molecule has 0 saturated heterocycles. The molecule has 0 heterocycles. The Balaban J connectivity index is 3.13. The molecule has 0 aliphatic carbocycles. The lowest BCUT2D eigenvalue weighted by Crippen LogP contribution is -2.18. The molecule has 0 atom stereocenters. The highest BCUT2D eigenvalue weighted by molar-refractivity contribution is 6.32. The number of hydrogen-bond acceptors (Lipinski definition) is 1. The van der Waals surface area contributed by atoms with E-state index in [0.717, 1.165) is 0 Å². The molecule has 14 heavy (non-hydrogen) atoms. The van der Waals surface area contributed by atoms with Crippen molar-refractivity contribution in [1.29, 1.82) is 0 Å². The van der Waals surface area contributed by atoms with Crippen molar-refractivity contribution in [2.24, 2.45) is 0 Å². The van der Waals surface area contributed by atoms with Gasteiger partial charge >= 0.3 is 6.36 Å². The summed E-state index contributed by atoms with van der Waals surface area (Å²) in [5.41, 5.74) is 0. The van der Waals surface area contributed by atoms with Crippen molar-refractivity contribution in [3.05, 3.63) is 28.8 Å². The Morgan fingerprint density at radius 2 is 1.57 bits per heavy atom. The van der Waals surface area contributed by atoms with Crippen LogP contribution in [0.25, 0.3) is 0 Å². The Morgan fingerprint density at radius 3 is 2.07 bits per heavy atom. The summed E-state index contributed by atoms with van der Waals surface area (Å²) in [5.74, 6) is -3.93. The molecule has 0 saturated carbocycles. The van der Waals surface area contributed by atoms with E-state index in [1.54, 1.807) is 0 Å². The normalized spacial score (nSPS) is 11.6. The summed E-state index contributed by atoms with van der Waals surface area (Å²) in [6, 6.07) is 1.09. The Morgan fingerprint density at radius 1 is 1.07 bits per heavy atom. The van der Waals surface area contributed by atoms with Gasteiger partial charge in [-0.3, -0.25) is 0 Å². The maximum Gasteiger partial charge on any atom is 0.573 e. The molecule has 1 rings (SSSR count). The van der Waals surface area contributed by atoms with Gasteiger partial charge in [0.25, 0.3) is 0 Å². The van der Waals surface area contributed by atoms with Crippen molar-refractivity contribution in [2.75, 3.05) is 0 Å². The maximum absolute atomic E-state index is 12.7. The lowest BCUT2D eigenvalue weighted by atomic mass is 10.3. The topological polar surface area (TPSA) is 9.23 Å². The molecular formula is C7H2ClF5O. The van der Waals surface area contributed by atoms with Crippen molar-refractivity contribution < 1.29 is 26.7 Å². The van der Waals surface area contributed by atoms with Crippen LogP contribution >= 0.6 is 11.6 Å². The fourth-order valence-electron chi connectivity index (χ4n) is 0.718. The van der Waals surface area contributed by atoms with Crippen molar-refractivity contribution in [3.8, 4) is 5.75 Å². The highest BCUT2D eigenvalue weighted by Gasteiger charge is 2.34. The van der Waals surface area contributed by atoms with E-state index in [-0.39, 0.29) is 0 Å². The van der Waals surface area contributed by atoms with Gasteiger partial charge in [-0.15, -0.1) is 13.2 Å². The summed E-state index contributed by atoms with van der Waals surface area (Å²) in [5, 5.41) is -1.04. The van der Waals surface area contributed by atoms with E-state index in [1.807, 2.05) is 0 Å². The number of benzene rings is 1. The number of alkyl halides is 3. The first-order valence-electron chi connectivity index (χ1n) is 3.20. The first-order chi connectivity index (χ1) is 6.31. The van der Waals surface area contributed by atoms with E-state index in [2.05, 4.69) is 4.74 Å². The number of hydrogen-bond donors (Lipinski definition) is 0. The van der Waals surface area contributed by atoms with Crippen LogP contribution in [0.2, 0.25) is 5.02 Å². The summed E-state index contributed by atoms with van der Waals surface area (Å²) < 4.78 is 63.5. The van der Waals surface area contributed by atoms with Crippen LogP contribution in [0.15, 0.2) is 12.1 Å². The van der Waals surface area contributed by atoms with Gasteiger partial charge in [-0.2, -0.15) is 0 Å². The highest BCUT2D eigenvalue weighted by Crippen LogP contribution is 2.34. The monoisotopic (exact) mass is 232 g/mol. The van der Waals surface area contributed by atoms with Gasteiger partial charge in [-0.25, -0.2) is 8.78 Å². The zero-order valence-electron chi connectivity index (χ0n) is 6.33. The van der Waals surface area contributed by atoms with Crippen LogP contribution < -0.4 is 4.74 Å². The Labute approximate surface area is 80.0 Å². The average molecular weight is 233 g/mol. The molecule has 0 amide bonds. The fraction of sp³-hybridized carbons (Fsp3) is 0.143. The van der Waals surface area contributed by atoms with Crippen molar-refractivity contribution >= 4 is 11.6 Å². The Kier molecular flexibility index (Phi) is 2.84. The zero-order valence-corrected chi connectivity index (χ0v) is 7.09. The lowest BCUT2D eigenvalue weighted by Gasteiger charge is -2.10. The predicted molar refractivity (Wildman–Crippen MR) is 38.1 cm³/mol.